The van der Waals surface area contributed by atoms with E-state index >= 15 is 0 Å². The van der Waals surface area contributed by atoms with Crippen LogP contribution in [-0.4, -0.2) is 9.13 Å². The Labute approximate surface area is 358 Å². The Morgan fingerprint density at radius 2 is 0.516 bits per heavy atom. The molecule has 2 aromatic heterocycles. The highest BCUT2D eigenvalue weighted by Crippen LogP contribution is 2.41. The molecule has 0 aliphatic heterocycles. The van der Waals surface area contributed by atoms with Gasteiger partial charge in [0, 0.05) is 32.9 Å². The zero-order valence-electron chi connectivity index (χ0n) is 33.8. The zero-order valence-corrected chi connectivity index (χ0v) is 33.8. The first-order valence-electron chi connectivity index (χ1n) is 21.4. The molecule has 0 N–H and O–H groups in total. The molecule has 0 amide bonds. The van der Waals surface area contributed by atoms with E-state index < -0.39 is 0 Å². The molecule has 2 nitrogen and oxygen atoms in total. The Morgan fingerprint density at radius 1 is 0.177 bits per heavy atom. The van der Waals surface area contributed by atoms with Crippen molar-refractivity contribution in [2.75, 3.05) is 0 Å². The largest absolute Gasteiger partial charge is 0.309 e. The van der Waals surface area contributed by atoms with Gasteiger partial charge in [0.2, 0.25) is 0 Å². The topological polar surface area (TPSA) is 9.86 Å². The first-order chi connectivity index (χ1) is 30.7. The van der Waals surface area contributed by atoms with Crippen LogP contribution in [0, 0.1) is 0 Å². The highest BCUT2D eigenvalue weighted by atomic mass is 15.0. The van der Waals surface area contributed by atoms with E-state index in [0.29, 0.717) is 0 Å². The van der Waals surface area contributed by atoms with Gasteiger partial charge in [-0.2, -0.15) is 0 Å². The van der Waals surface area contributed by atoms with E-state index in [4.69, 9.17) is 0 Å². The van der Waals surface area contributed by atoms with E-state index in [9.17, 15) is 0 Å². The summed E-state index contributed by atoms with van der Waals surface area (Å²) in [6.07, 6.45) is 0. The van der Waals surface area contributed by atoms with Gasteiger partial charge in [-0.15, -0.1) is 0 Å². The van der Waals surface area contributed by atoms with Crippen LogP contribution in [-0.2, 0) is 0 Å². The molecule has 0 radical (unpaired) electrons. The standard InChI is InChI=1S/C60H38N2/c1-2-12-39(13-3-1)40-22-24-41(25-23-40)42-26-30-45(31-27-42)61-57-20-10-8-18-52(57)55-36-43(28-34-59(55)61)44-29-35-60-56(37-44)53-19-9-11-21-58(53)62(60)46-32-33-51-49-16-5-4-14-47(49)48-15-6-7-17-50(48)54(51)38-46/h1-38H. The first-order valence-corrected chi connectivity index (χ1v) is 21.4. The molecule has 0 aliphatic rings. The van der Waals surface area contributed by atoms with Gasteiger partial charge in [0.25, 0.3) is 0 Å². The number of para-hydroxylation sites is 2. The smallest absolute Gasteiger partial charge is 0.0541 e. The summed E-state index contributed by atoms with van der Waals surface area (Å²) in [5.41, 5.74) is 14.4. The lowest BCUT2D eigenvalue weighted by Crippen LogP contribution is -1.94. The summed E-state index contributed by atoms with van der Waals surface area (Å²) in [5, 5.41) is 12.7. The van der Waals surface area contributed by atoms with Crippen LogP contribution >= 0.6 is 0 Å². The average Bonchev–Trinajstić information content (AvgIpc) is 3.86. The van der Waals surface area contributed by atoms with Crippen molar-refractivity contribution in [1.29, 1.82) is 0 Å². The molecule has 62 heavy (non-hydrogen) atoms. The minimum Gasteiger partial charge on any atom is -0.309 e. The van der Waals surface area contributed by atoms with Gasteiger partial charge in [-0.1, -0.05) is 170 Å². The second-order valence-electron chi connectivity index (χ2n) is 16.5. The minimum absolute atomic E-state index is 1.15. The molecule has 2 heterocycles. The molecule has 11 aromatic carbocycles. The minimum atomic E-state index is 1.15. The highest BCUT2D eigenvalue weighted by Gasteiger charge is 2.17. The van der Waals surface area contributed by atoms with Gasteiger partial charge in [-0.05, 0) is 126 Å². The van der Waals surface area contributed by atoms with E-state index in [1.165, 1.54) is 115 Å². The van der Waals surface area contributed by atoms with Gasteiger partial charge in [0.15, 0.2) is 0 Å². The highest BCUT2D eigenvalue weighted by molar-refractivity contribution is 6.25. The van der Waals surface area contributed by atoms with Crippen LogP contribution in [0.2, 0.25) is 0 Å². The van der Waals surface area contributed by atoms with E-state index in [-0.39, 0.29) is 0 Å². The van der Waals surface area contributed by atoms with E-state index in [2.05, 4.69) is 240 Å². The maximum absolute atomic E-state index is 2.44. The number of hydrogen-bond acceptors (Lipinski definition) is 0. The van der Waals surface area contributed by atoms with Crippen LogP contribution in [0.1, 0.15) is 0 Å². The number of hydrogen-bond donors (Lipinski definition) is 0. The second-order valence-corrected chi connectivity index (χ2v) is 16.5. The predicted octanol–water partition coefficient (Wildman–Crippen LogP) is 16.3. The Balaban J connectivity index is 0.905. The molecule has 2 heteroatoms. The summed E-state index contributed by atoms with van der Waals surface area (Å²) in [6.45, 7) is 0. The van der Waals surface area contributed by atoms with Gasteiger partial charge in [0.1, 0.15) is 0 Å². The summed E-state index contributed by atoms with van der Waals surface area (Å²) < 4.78 is 4.85. The van der Waals surface area contributed by atoms with Crippen molar-refractivity contribution in [2.45, 2.75) is 0 Å². The third kappa shape index (κ3) is 5.30. The lowest BCUT2D eigenvalue weighted by Gasteiger charge is -2.14. The maximum Gasteiger partial charge on any atom is 0.0541 e. The number of nitrogens with zero attached hydrogens (tertiary/aromatic N) is 2. The van der Waals surface area contributed by atoms with E-state index in [0.717, 1.165) is 5.69 Å². The summed E-state index contributed by atoms with van der Waals surface area (Å²) in [5.74, 6) is 0. The molecule has 13 rings (SSSR count). The van der Waals surface area contributed by atoms with Crippen molar-refractivity contribution in [3.8, 4) is 44.8 Å². The summed E-state index contributed by atoms with van der Waals surface area (Å²) in [7, 11) is 0. The molecule has 0 fully saturated rings. The number of aromatic nitrogens is 2. The van der Waals surface area contributed by atoms with Gasteiger partial charge in [-0.25, -0.2) is 0 Å². The van der Waals surface area contributed by atoms with Crippen molar-refractivity contribution in [3.05, 3.63) is 231 Å². The van der Waals surface area contributed by atoms with Crippen LogP contribution in [0.3, 0.4) is 0 Å². The van der Waals surface area contributed by atoms with Crippen LogP contribution in [0.25, 0.3) is 121 Å². The van der Waals surface area contributed by atoms with Crippen molar-refractivity contribution < 1.29 is 0 Å². The van der Waals surface area contributed by atoms with Crippen molar-refractivity contribution in [3.63, 3.8) is 0 Å². The molecule has 0 saturated carbocycles. The molecule has 0 bridgehead atoms. The number of rotatable bonds is 5. The summed E-state index contributed by atoms with van der Waals surface area (Å²) in [6, 6.07) is 84.7. The van der Waals surface area contributed by atoms with Crippen molar-refractivity contribution in [1.82, 2.24) is 9.13 Å². The fourth-order valence-corrected chi connectivity index (χ4v) is 10.2. The van der Waals surface area contributed by atoms with Crippen LogP contribution in [0.4, 0.5) is 0 Å². The third-order valence-corrected chi connectivity index (χ3v) is 13.1. The van der Waals surface area contributed by atoms with Gasteiger partial charge in [-0.3, -0.25) is 0 Å². The molecular formula is C60H38N2. The number of fused-ring (bicyclic) bond motifs is 12. The lowest BCUT2D eigenvalue weighted by molar-refractivity contribution is 1.18. The predicted molar refractivity (Wildman–Crippen MR) is 264 cm³/mol. The quantitative estimate of drug-likeness (QED) is 0.154. The SMILES string of the molecule is c1ccc(-c2ccc(-c3ccc(-n4c5ccccc5c5cc(-c6ccc7c(c6)c6ccccc6n7-c6ccc7c8ccccc8c8ccccc8c7c6)ccc54)cc3)cc2)cc1. The van der Waals surface area contributed by atoms with Gasteiger partial charge < -0.3 is 9.13 Å². The van der Waals surface area contributed by atoms with Crippen LogP contribution in [0.15, 0.2) is 231 Å². The normalized spacial score (nSPS) is 11.9. The van der Waals surface area contributed by atoms with Crippen molar-refractivity contribution >= 4 is 75.9 Å². The fourth-order valence-electron chi connectivity index (χ4n) is 10.2. The molecular weight excluding hydrogens is 749 g/mol. The molecule has 0 atom stereocenters. The number of benzene rings is 11. The molecule has 0 aliphatic carbocycles. The van der Waals surface area contributed by atoms with Gasteiger partial charge >= 0.3 is 0 Å². The molecule has 0 spiro atoms. The van der Waals surface area contributed by atoms with E-state index in [1.54, 1.807) is 0 Å². The Kier molecular flexibility index (Phi) is 7.64. The van der Waals surface area contributed by atoms with Crippen molar-refractivity contribution in [2.24, 2.45) is 0 Å². The summed E-state index contributed by atoms with van der Waals surface area (Å²) in [4.78, 5) is 0. The monoisotopic (exact) mass is 786 g/mol. The average molecular weight is 787 g/mol. The third-order valence-electron chi connectivity index (χ3n) is 13.1. The Morgan fingerprint density at radius 3 is 1.03 bits per heavy atom. The van der Waals surface area contributed by atoms with E-state index in [1.807, 2.05) is 0 Å². The van der Waals surface area contributed by atoms with Crippen LogP contribution in [0.5, 0.6) is 0 Å². The Hall–Kier alpha value is -8.20. The second kappa shape index (κ2) is 13.7. The molecule has 0 unspecified atom stereocenters. The van der Waals surface area contributed by atoms with Gasteiger partial charge in [0.05, 0.1) is 22.1 Å². The first kappa shape index (κ1) is 34.6. The molecule has 0 saturated heterocycles. The van der Waals surface area contributed by atoms with Crippen LogP contribution < -0.4 is 0 Å². The zero-order chi connectivity index (χ0) is 40.7. The fraction of sp³-hybridized carbons (Fsp3) is 0. The molecule has 13 aromatic rings. The molecule has 288 valence electrons. The summed E-state index contributed by atoms with van der Waals surface area (Å²) >= 11 is 0. The lowest BCUT2D eigenvalue weighted by atomic mass is 9.94. The maximum atomic E-state index is 2.44. The Bertz CT molecular complexity index is 3850.